The van der Waals surface area contributed by atoms with Crippen molar-refractivity contribution in [3.05, 3.63) is 69.2 Å². The van der Waals surface area contributed by atoms with E-state index in [1.54, 1.807) is 12.1 Å². The summed E-state index contributed by atoms with van der Waals surface area (Å²) in [6.45, 7) is 1.47. The van der Waals surface area contributed by atoms with Crippen LogP contribution in [0.5, 0.6) is 0 Å². The van der Waals surface area contributed by atoms with Gasteiger partial charge in [-0.1, -0.05) is 41.4 Å². The van der Waals surface area contributed by atoms with Crippen LogP contribution in [0, 0.1) is 0 Å². The molecule has 0 radical (unpaired) electrons. The highest BCUT2D eigenvalue weighted by Crippen LogP contribution is 2.17. The molecule has 110 valence electrons. The summed E-state index contributed by atoms with van der Waals surface area (Å²) in [7, 11) is 0. The molecule has 0 aliphatic rings. The van der Waals surface area contributed by atoms with Crippen molar-refractivity contribution in [3.63, 3.8) is 0 Å². The number of benzene rings is 2. The quantitative estimate of drug-likeness (QED) is 0.800. The fourth-order valence-electron chi connectivity index (χ4n) is 1.95. The zero-order valence-corrected chi connectivity index (χ0v) is 12.9. The van der Waals surface area contributed by atoms with E-state index in [0.717, 1.165) is 23.6 Å². The SMILES string of the molecule is NC(=O)c1ccc(CNCCc2ccc(Cl)cc2)c(Cl)c1. The van der Waals surface area contributed by atoms with E-state index in [1.165, 1.54) is 5.56 Å². The highest BCUT2D eigenvalue weighted by Gasteiger charge is 2.05. The van der Waals surface area contributed by atoms with Gasteiger partial charge in [0.2, 0.25) is 5.91 Å². The van der Waals surface area contributed by atoms with E-state index >= 15 is 0 Å². The molecule has 0 spiro atoms. The van der Waals surface area contributed by atoms with Gasteiger partial charge in [0.05, 0.1) is 0 Å². The van der Waals surface area contributed by atoms with Crippen LogP contribution in [-0.2, 0) is 13.0 Å². The molecule has 5 heteroatoms. The van der Waals surface area contributed by atoms with Gasteiger partial charge in [0.15, 0.2) is 0 Å². The molecule has 1 amide bonds. The topological polar surface area (TPSA) is 55.1 Å². The lowest BCUT2D eigenvalue weighted by molar-refractivity contribution is 0.100. The highest BCUT2D eigenvalue weighted by molar-refractivity contribution is 6.31. The van der Waals surface area contributed by atoms with Crippen molar-refractivity contribution in [1.82, 2.24) is 5.32 Å². The zero-order chi connectivity index (χ0) is 15.2. The molecular weight excluding hydrogens is 307 g/mol. The highest BCUT2D eigenvalue weighted by atomic mass is 35.5. The lowest BCUT2D eigenvalue weighted by atomic mass is 10.1. The number of hydrogen-bond acceptors (Lipinski definition) is 2. The van der Waals surface area contributed by atoms with Gasteiger partial charge in [-0.15, -0.1) is 0 Å². The Morgan fingerprint density at radius 1 is 1.10 bits per heavy atom. The van der Waals surface area contributed by atoms with Gasteiger partial charge in [-0.25, -0.2) is 0 Å². The van der Waals surface area contributed by atoms with Crippen LogP contribution in [0.3, 0.4) is 0 Å². The summed E-state index contributed by atoms with van der Waals surface area (Å²) in [5.41, 5.74) is 7.79. The molecule has 21 heavy (non-hydrogen) atoms. The summed E-state index contributed by atoms with van der Waals surface area (Å²) < 4.78 is 0. The van der Waals surface area contributed by atoms with Crippen LogP contribution >= 0.6 is 23.2 Å². The number of hydrogen-bond donors (Lipinski definition) is 2. The van der Waals surface area contributed by atoms with E-state index in [9.17, 15) is 4.79 Å². The van der Waals surface area contributed by atoms with E-state index in [2.05, 4.69) is 5.32 Å². The molecule has 2 rings (SSSR count). The average Bonchev–Trinajstić information content (AvgIpc) is 2.46. The van der Waals surface area contributed by atoms with E-state index in [0.29, 0.717) is 17.1 Å². The van der Waals surface area contributed by atoms with Crippen molar-refractivity contribution in [3.8, 4) is 0 Å². The maximum absolute atomic E-state index is 11.0. The third-order valence-electron chi connectivity index (χ3n) is 3.16. The van der Waals surface area contributed by atoms with E-state index in [-0.39, 0.29) is 0 Å². The second kappa shape index (κ2) is 7.46. The number of amides is 1. The second-order valence-corrected chi connectivity index (χ2v) is 5.57. The first-order valence-electron chi connectivity index (χ1n) is 6.59. The first-order chi connectivity index (χ1) is 10.1. The summed E-state index contributed by atoms with van der Waals surface area (Å²) in [6.07, 6.45) is 0.911. The first kappa shape index (κ1) is 15.8. The van der Waals surface area contributed by atoms with Crippen LogP contribution in [0.15, 0.2) is 42.5 Å². The Kier molecular flexibility index (Phi) is 5.62. The lowest BCUT2D eigenvalue weighted by Gasteiger charge is -2.08. The molecule has 0 atom stereocenters. The zero-order valence-electron chi connectivity index (χ0n) is 11.4. The minimum absolute atomic E-state index is 0.421. The molecule has 2 aromatic carbocycles. The van der Waals surface area contributed by atoms with Crippen molar-refractivity contribution in [2.24, 2.45) is 5.73 Å². The molecule has 3 nitrogen and oxygen atoms in total. The standard InChI is InChI=1S/C16H16Cl2N2O/c17-14-5-1-11(2-6-14)7-8-20-10-13-4-3-12(16(19)21)9-15(13)18/h1-6,9,20H,7-8,10H2,(H2,19,21). The summed E-state index contributed by atoms with van der Waals surface area (Å²) in [5, 5.41) is 4.61. The van der Waals surface area contributed by atoms with E-state index in [1.807, 2.05) is 30.3 Å². The van der Waals surface area contributed by atoms with Crippen molar-refractivity contribution < 1.29 is 4.79 Å². The van der Waals surface area contributed by atoms with E-state index in [4.69, 9.17) is 28.9 Å². The molecule has 0 aliphatic carbocycles. The van der Waals surface area contributed by atoms with Crippen LogP contribution < -0.4 is 11.1 Å². The van der Waals surface area contributed by atoms with Crippen molar-refractivity contribution in [2.45, 2.75) is 13.0 Å². The number of rotatable bonds is 6. The van der Waals surface area contributed by atoms with Gasteiger partial charge in [-0.2, -0.15) is 0 Å². The third kappa shape index (κ3) is 4.74. The molecule has 0 bridgehead atoms. The Morgan fingerprint density at radius 3 is 2.43 bits per heavy atom. The fourth-order valence-corrected chi connectivity index (χ4v) is 2.32. The average molecular weight is 323 g/mol. The molecule has 0 saturated heterocycles. The smallest absolute Gasteiger partial charge is 0.248 e. The fraction of sp³-hybridized carbons (Fsp3) is 0.188. The van der Waals surface area contributed by atoms with Gasteiger partial charge in [0, 0.05) is 22.2 Å². The summed E-state index contributed by atoms with van der Waals surface area (Å²) in [6, 6.07) is 12.9. The number of nitrogens with one attached hydrogen (secondary N) is 1. The van der Waals surface area contributed by atoms with Gasteiger partial charge < -0.3 is 11.1 Å². The minimum Gasteiger partial charge on any atom is -0.366 e. The van der Waals surface area contributed by atoms with Crippen molar-refractivity contribution in [1.29, 1.82) is 0 Å². The summed E-state index contributed by atoms with van der Waals surface area (Å²) in [4.78, 5) is 11.0. The Morgan fingerprint density at radius 2 is 1.81 bits per heavy atom. The number of nitrogens with two attached hydrogens (primary N) is 1. The van der Waals surface area contributed by atoms with Crippen LogP contribution in [0.1, 0.15) is 21.5 Å². The monoisotopic (exact) mass is 322 g/mol. The molecule has 0 aromatic heterocycles. The van der Waals surface area contributed by atoms with Crippen LogP contribution in [0.2, 0.25) is 10.0 Å². The molecule has 2 aromatic rings. The molecular formula is C16H16Cl2N2O. The van der Waals surface area contributed by atoms with E-state index < -0.39 is 5.91 Å². The molecule has 0 unspecified atom stereocenters. The summed E-state index contributed by atoms with van der Waals surface area (Å²) >= 11 is 12.0. The van der Waals surface area contributed by atoms with Crippen molar-refractivity contribution in [2.75, 3.05) is 6.54 Å². The Hall–Kier alpha value is -1.55. The normalized spacial score (nSPS) is 10.6. The largest absolute Gasteiger partial charge is 0.366 e. The second-order valence-electron chi connectivity index (χ2n) is 4.72. The van der Waals surface area contributed by atoms with Crippen LogP contribution in [-0.4, -0.2) is 12.5 Å². The molecule has 0 saturated carbocycles. The molecule has 0 aliphatic heterocycles. The first-order valence-corrected chi connectivity index (χ1v) is 7.35. The number of carbonyl (C=O) groups is 1. The maximum atomic E-state index is 11.0. The van der Waals surface area contributed by atoms with Gasteiger partial charge in [0.1, 0.15) is 0 Å². The Labute approximate surface area is 134 Å². The number of primary amides is 1. The molecule has 0 heterocycles. The lowest BCUT2D eigenvalue weighted by Crippen LogP contribution is -2.17. The minimum atomic E-state index is -0.473. The Bertz CT molecular complexity index is 627. The predicted molar refractivity (Wildman–Crippen MR) is 86.8 cm³/mol. The predicted octanol–water partition coefficient (Wildman–Crippen LogP) is 3.42. The maximum Gasteiger partial charge on any atom is 0.248 e. The van der Waals surface area contributed by atoms with Crippen LogP contribution in [0.25, 0.3) is 0 Å². The van der Waals surface area contributed by atoms with Gasteiger partial charge in [0.25, 0.3) is 0 Å². The van der Waals surface area contributed by atoms with Gasteiger partial charge >= 0.3 is 0 Å². The Balaban J connectivity index is 1.83. The number of halogens is 2. The molecule has 3 N–H and O–H groups in total. The van der Waals surface area contributed by atoms with Gasteiger partial charge in [-0.3, -0.25) is 4.79 Å². The summed E-state index contributed by atoms with van der Waals surface area (Å²) in [5.74, 6) is -0.473. The number of carbonyl (C=O) groups excluding carboxylic acids is 1. The van der Waals surface area contributed by atoms with Gasteiger partial charge in [-0.05, 0) is 48.4 Å². The van der Waals surface area contributed by atoms with Crippen LogP contribution in [0.4, 0.5) is 0 Å². The van der Waals surface area contributed by atoms with Crippen molar-refractivity contribution >= 4 is 29.1 Å². The third-order valence-corrected chi connectivity index (χ3v) is 3.76. The molecule has 0 fully saturated rings.